The number of ether oxygens (including phenoxy) is 1. The van der Waals surface area contributed by atoms with Gasteiger partial charge in [-0.3, -0.25) is 14.4 Å². The molecule has 2 N–H and O–H groups in total. The number of carbonyl (C=O) groups is 3. The first-order chi connectivity index (χ1) is 21.5. The number of aliphatic carboxylic acids is 1. The number of carbonyl (C=O) groups excluding carboxylic acids is 2. The maximum atomic E-state index is 12.6. The van der Waals surface area contributed by atoms with Crippen molar-refractivity contribution in [2.24, 2.45) is 0 Å². The molecule has 0 spiro atoms. The highest BCUT2D eigenvalue weighted by molar-refractivity contribution is 5.80. The highest BCUT2D eigenvalue weighted by Crippen LogP contribution is 2.19. The number of carboxylic acids is 1. The Morgan fingerprint density at radius 2 is 0.841 bits per heavy atom. The first-order valence-corrected chi connectivity index (χ1v) is 19.2. The van der Waals surface area contributed by atoms with Crippen LogP contribution in [0.2, 0.25) is 0 Å². The summed E-state index contributed by atoms with van der Waals surface area (Å²) in [5.41, 5.74) is 0. The van der Waals surface area contributed by atoms with Crippen LogP contribution in [0, 0.1) is 0 Å². The molecule has 0 saturated carbocycles. The summed E-state index contributed by atoms with van der Waals surface area (Å²) in [6.07, 6.45) is 36.6. The summed E-state index contributed by atoms with van der Waals surface area (Å²) in [6, 6.07) is 0. The van der Waals surface area contributed by atoms with E-state index in [1.807, 2.05) is 0 Å². The van der Waals surface area contributed by atoms with Crippen LogP contribution in [0.5, 0.6) is 0 Å². The van der Waals surface area contributed by atoms with Gasteiger partial charge in [0.05, 0.1) is 0 Å². The molecule has 6 nitrogen and oxygen atoms in total. The Morgan fingerprint density at radius 3 is 1.23 bits per heavy atom. The van der Waals surface area contributed by atoms with Crippen molar-refractivity contribution in [3.8, 4) is 0 Å². The van der Waals surface area contributed by atoms with Gasteiger partial charge in [-0.1, -0.05) is 162 Å². The van der Waals surface area contributed by atoms with Gasteiger partial charge in [-0.2, -0.15) is 0 Å². The summed E-state index contributed by atoms with van der Waals surface area (Å²) < 4.78 is 5.95. The molecule has 0 saturated heterocycles. The van der Waals surface area contributed by atoms with E-state index in [0.29, 0.717) is 12.8 Å². The molecule has 0 radical (unpaired) electrons. The number of hydrogen-bond donors (Lipinski definition) is 2. The van der Waals surface area contributed by atoms with E-state index in [4.69, 9.17) is 9.84 Å². The van der Waals surface area contributed by atoms with Gasteiger partial charge in [0.1, 0.15) is 12.6 Å². The first kappa shape index (κ1) is 42.4. The number of amides is 1. The second-order valence-electron chi connectivity index (χ2n) is 13.2. The molecular formula is C38H73NO5. The minimum absolute atomic E-state index is 0.0123. The molecule has 0 aromatic rings. The van der Waals surface area contributed by atoms with Crippen LogP contribution < -0.4 is 5.32 Å². The van der Waals surface area contributed by atoms with Crippen molar-refractivity contribution in [3.05, 3.63) is 0 Å². The lowest BCUT2D eigenvalue weighted by atomic mass is 10.0. The molecule has 0 bridgehead atoms. The number of esters is 1. The molecule has 260 valence electrons. The topological polar surface area (TPSA) is 92.7 Å². The van der Waals surface area contributed by atoms with Gasteiger partial charge in [0, 0.05) is 12.8 Å². The molecule has 6 heteroatoms. The number of nitrogens with one attached hydrogen (secondary N) is 1. The molecule has 0 aromatic heterocycles. The quantitative estimate of drug-likeness (QED) is 0.0541. The van der Waals surface area contributed by atoms with Gasteiger partial charge in [0.2, 0.25) is 5.91 Å². The van der Waals surface area contributed by atoms with Crippen molar-refractivity contribution >= 4 is 17.8 Å². The van der Waals surface area contributed by atoms with Crippen LogP contribution in [0.3, 0.4) is 0 Å². The summed E-state index contributed by atoms with van der Waals surface area (Å²) in [7, 11) is 0. The molecule has 0 rings (SSSR count). The fourth-order valence-corrected chi connectivity index (χ4v) is 5.93. The van der Waals surface area contributed by atoms with Gasteiger partial charge in [-0.05, 0) is 38.5 Å². The van der Waals surface area contributed by atoms with E-state index in [2.05, 4.69) is 19.2 Å². The van der Waals surface area contributed by atoms with Crippen LogP contribution in [0.4, 0.5) is 0 Å². The average molecular weight is 624 g/mol. The SMILES string of the molecule is CCCCCCCCCCCCCCCCCCCC(=O)OC(CCCCCCCC)CCCCCCC(=O)NCC(=O)O. The fraction of sp³-hybridized carbons (Fsp3) is 0.921. The van der Waals surface area contributed by atoms with E-state index in [1.165, 1.54) is 128 Å². The third-order valence-electron chi connectivity index (χ3n) is 8.78. The minimum Gasteiger partial charge on any atom is -0.480 e. The molecule has 44 heavy (non-hydrogen) atoms. The third kappa shape index (κ3) is 33.3. The maximum absolute atomic E-state index is 12.6. The summed E-state index contributed by atoms with van der Waals surface area (Å²) in [4.78, 5) is 34.8. The first-order valence-electron chi connectivity index (χ1n) is 19.2. The third-order valence-corrected chi connectivity index (χ3v) is 8.78. The van der Waals surface area contributed by atoms with Crippen molar-refractivity contribution in [1.29, 1.82) is 0 Å². The van der Waals surface area contributed by atoms with Crippen molar-refractivity contribution < 1.29 is 24.2 Å². The summed E-state index contributed by atoms with van der Waals surface area (Å²) >= 11 is 0. The fourth-order valence-electron chi connectivity index (χ4n) is 5.93. The average Bonchev–Trinajstić information content (AvgIpc) is 3.00. The zero-order valence-electron chi connectivity index (χ0n) is 29.3. The second kappa shape index (κ2) is 34.3. The molecular weight excluding hydrogens is 550 g/mol. The zero-order chi connectivity index (χ0) is 32.4. The molecule has 1 unspecified atom stereocenters. The van der Waals surface area contributed by atoms with Crippen molar-refractivity contribution in [1.82, 2.24) is 5.32 Å². The summed E-state index contributed by atoms with van der Waals surface area (Å²) in [5.74, 6) is -1.25. The van der Waals surface area contributed by atoms with Crippen LogP contribution >= 0.6 is 0 Å². The number of rotatable bonds is 35. The predicted molar refractivity (Wildman–Crippen MR) is 185 cm³/mol. The zero-order valence-corrected chi connectivity index (χ0v) is 29.3. The number of hydrogen-bond acceptors (Lipinski definition) is 4. The van der Waals surface area contributed by atoms with E-state index in [-0.39, 0.29) is 24.5 Å². The molecule has 1 atom stereocenters. The summed E-state index contributed by atoms with van der Waals surface area (Å²) in [6.45, 7) is 4.20. The van der Waals surface area contributed by atoms with E-state index in [1.54, 1.807) is 0 Å². The monoisotopic (exact) mass is 624 g/mol. The van der Waals surface area contributed by atoms with E-state index in [9.17, 15) is 14.4 Å². The van der Waals surface area contributed by atoms with Crippen LogP contribution in [-0.4, -0.2) is 35.6 Å². The van der Waals surface area contributed by atoms with Crippen LogP contribution in [0.25, 0.3) is 0 Å². The highest BCUT2D eigenvalue weighted by atomic mass is 16.5. The van der Waals surface area contributed by atoms with Gasteiger partial charge in [0.15, 0.2) is 0 Å². The second-order valence-corrected chi connectivity index (χ2v) is 13.2. The van der Waals surface area contributed by atoms with Crippen molar-refractivity contribution in [2.45, 2.75) is 219 Å². The Labute approximate surface area is 272 Å². The normalized spacial score (nSPS) is 11.9. The molecule has 0 aromatic carbocycles. The van der Waals surface area contributed by atoms with E-state index < -0.39 is 5.97 Å². The lowest BCUT2D eigenvalue weighted by Gasteiger charge is -2.18. The van der Waals surface area contributed by atoms with Crippen molar-refractivity contribution in [3.63, 3.8) is 0 Å². The van der Waals surface area contributed by atoms with Crippen LogP contribution in [0.1, 0.15) is 213 Å². The van der Waals surface area contributed by atoms with E-state index in [0.717, 1.165) is 57.8 Å². The number of carboxylic acid groups (broad SMARTS) is 1. The standard InChI is InChI=1S/C38H73NO5/c1-3-5-7-9-11-12-13-14-15-16-17-18-19-20-21-23-29-33-38(43)44-35(30-26-22-10-8-6-4-2)31-27-24-25-28-32-36(40)39-34-37(41)42/h35H,3-34H2,1-2H3,(H,39,40)(H,41,42). The lowest BCUT2D eigenvalue weighted by Crippen LogP contribution is -2.28. The Morgan fingerprint density at radius 1 is 0.500 bits per heavy atom. The molecule has 0 heterocycles. The van der Waals surface area contributed by atoms with Crippen LogP contribution in [-0.2, 0) is 19.1 Å². The molecule has 1 amide bonds. The van der Waals surface area contributed by atoms with E-state index >= 15 is 0 Å². The maximum Gasteiger partial charge on any atom is 0.322 e. The highest BCUT2D eigenvalue weighted by Gasteiger charge is 2.14. The smallest absolute Gasteiger partial charge is 0.322 e. The Hall–Kier alpha value is -1.59. The van der Waals surface area contributed by atoms with Gasteiger partial charge >= 0.3 is 11.9 Å². The van der Waals surface area contributed by atoms with Gasteiger partial charge in [-0.15, -0.1) is 0 Å². The van der Waals surface area contributed by atoms with Crippen molar-refractivity contribution in [2.75, 3.05) is 6.54 Å². The Bertz CT molecular complexity index is 653. The molecule has 0 aliphatic rings. The molecule has 0 fully saturated rings. The van der Waals surface area contributed by atoms with Gasteiger partial charge < -0.3 is 15.2 Å². The Balaban J connectivity index is 3.90. The Kier molecular flexibility index (Phi) is 33.0. The van der Waals surface area contributed by atoms with Gasteiger partial charge in [-0.25, -0.2) is 0 Å². The minimum atomic E-state index is -1.02. The lowest BCUT2D eigenvalue weighted by molar-refractivity contribution is -0.150. The van der Waals surface area contributed by atoms with Crippen LogP contribution in [0.15, 0.2) is 0 Å². The van der Waals surface area contributed by atoms with Gasteiger partial charge in [0.25, 0.3) is 0 Å². The molecule has 0 aliphatic carbocycles. The number of unbranched alkanes of at least 4 members (excludes halogenated alkanes) is 24. The molecule has 0 aliphatic heterocycles. The largest absolute Gasteiger partial charge is 0.480 e. The summed E-state index contributed by atoms with van der Waals surface area (Å²) in [5, 5.41) is 11.0. The predicted octanol–water partition coefficient (Wildman–Crippen LogP) is 11.2.